The summed E-state index contributed by atoms with van der Waals surface area (Å²) in [7, 11) is 0. The lowest BCUT2D eigenvalue weighted by Crippen LogP contribution is -1.86. The minimum atomic E-state index is -0.396. The molecule has 0 bridgehead atoms. The van der Waals surface area contributed by atoms with Gasteiger partial charge in [0.05, 0.1) is 30.1 Å². The van der Waals surface area contributed by atoms with Crippen LogP contribution in [0.25, 0.3) is 10.8 Å². The Balaban J connectivity index is 3.22. The molecule has 1 N–H and O–H groups in total. The molecule has 1 nitrogen and oxygen atoms in total. The quantitative estimate of drug-likeness (QED) is 0.378. The standard InChI is InChI=1S/C10HCl7O/c11-3-1-2(4(12)8(16)7(3)15)6(14)10(18)9(17)5(1)13/h18H. The molecule has 0 radical (unpaired) electrons. The molecule has 0 spiro atoms. The first-order chi connectivity index (χ1) is 8.29. The summed E-state index contributed by atoms with van der Waals surface area (Å²) in [4.78, 5) is 0. The van der Waals surface area contributed by atoms with Crippen molar-refractivity contribution in [3.8, 4) is 5.75 Å². The molecule has 2 aromatic rings. The Bertz CT molecular complexity index is 567. The molecule has 0 unspecified atom stereocenters. The van der Waals surface area contributed by atoms with E-state index in [0.717, 1.165) is 0 Å². The van der Waals surface area contributed by atoms with E-state index in [1.807, 2.05) is 0 Å². The monoisotopic (exact) mass is 382 g/mol. The van der Waals surface area contributed by atoms with Gasteiger partial charge in [0.15, 0.2) is 5.75 Å². The Morgan fingerprint density at radius 3 is 1.22 bits per heavy atom. The number of rotatable bonds is 0. The van der Waals surface area contributed by atoms with Crippen molar-refractivity contribution in [2.75, 3.05) is 0 Å². The molecule has 2 rings (SSSR count). The Morgan fingerprint density at radius 1 is 0.444 bits per heavy atom. The normalized spacial score (nSPS) is 11.3. The van der Waals surface area contributed by atoms with Crippen molar-refractivity contribution in [1.82, 2.24) is 0 Å². The highest BCUT2D eigenvalue weighted by molar-refractivity contribution is 6.59. The van der Waals surface area contributed by atoms with Crippen molar-refractivity contribution in [3.63, 3.8) is 0 Å². The van der Waals surface area contributed by atoms with Crippen molar-refractivity contribution in [2.24, 2.45) is 0 Å². The zero-order valence-corrected chi connectivity index (χ0v) is 13.4. The van der Waals surface area contributed by atoms with E-state index in [1.54, 1.807) is 0 Å². The molecule has 0 aromatic heterocycles. The van der Waals surface area contributed by atoms with Gasteiger partial charge in [-0.3, -0.25) is 0 Å². The third-order valence-corrected chi connectivity index (χ3v) is 5.33. The lowest BCUT2D eigenvalue weighted by atomic mass is 10.1. The van der Waals surface area contributed by atoms with Crippen LogP contribution in [0.2, 0.25) is 35.2 Å². The number of phenols is 1. The van der Waals surface area contributed by atoms with Crippen molar-refractivity contribution >= 4 is 92.0 Å². The van der Waals surface area contributed by atoms with Gasteiger partial charge in [0.2, 0.25) is 0 Å². The topological polar surface area (TPSA) is 20.2 Å². The second-order valence-electron chi connectivity index (χ2n) is 3.30. The number of aromatic hydroxyl groups is 1. The molecule has 0 aliphatic carbocycles. The van der Waals surface area contributed by atoms with E-state index in [1.165, 1.54) is 0 Å². The molecule has 96 valence electrons. The van der Waals surface area contributed by atoms with Crippen LogP contribution in [0, 0.1) is 0 Å². The molecule has 18 heavy (non-hydrogen) atoms. The summed E-state index contributed by atoms with van der Waals surface area (Å²) in [5.74, 6) is -0.396. The van der Waals surface area contributed by atoms with Gasteiger partial charge in [-0.15, -0.1) is 0 Å². The van der Waals surface area contributed by atoms with Crippen molar-refractivity contribution in [1.29, 1.82) is 0 Å². The van der Waals surface area contributed by atoms with Gasteiger partial charge < -0.3 is 5.11 Å². The largest absolute Gasteiger partial charge is 0.505 e. The minimum Gasteiger partial charge on any atom is -0.505 e. The van der Waals surface area contributed by atoms with Crippen LogP contribution in [0.1, 0.15) is 0 Å². The smallest absolute Gasteiger partial charge is 0.155 e. The Hall–Kier alpha value is 0.530. The van der Waals surface area contributed by atoms with Gasteiger partial charge in [-0.1, -0.05) is 81.2 Å². The summed E-state index contributed by atoms with van der Waals surface area (Å²) < 4.78 is 0. The van der Waals surface area contributed by atoms with E-state index in [9.17, 15) is 5.11 Å². The average Bonchev–Trinajstić information content (AvgIpc) is 2.35. The number of phenolic OH excluding ortho intramolecular Hbond substituents is 1. The van der Waals surface area contributed by atoms with Gasteiger partial charge in [-0.05, 0) is 0 Å². The van der Waals surface area contributed by atoms with Crippen LogP contribution >= 0.6 is 81.2 Å². The average molecular weight is 385 g/mol. The van der Waals surface area contributed by atoms with Gasteiger partial charge in [-0.25, -0.2) is 0 Å². The van der Waals surface area contributed by atoms with E-state index in [0.29, 0.717) is 0 Å². The Morgan fingerprint density at radius 2 is 0.778 bits per heavy atom. The molecule has 0 atom stereocenters. The first kappa shape index (κ1) is 14.9. The highest BCUT2D eigenvalue weighted by atomic mass is 35.5. The van der Waals surface area contributed by atoms with E-state index < -0.39 is 5.75 Å². The molecule has 0 aliphatic heterocycles. The number of halogens is 7. The van der Waals surface area contributed by atoms with Crippen LogP contribution in [0.15, 0.2) is 0 Å². The van der Waals surface area contributed by atoms with Crippen molar-refractivity contribution in [3.05, 3.63) is 35.2 Å². The third-order valence-electron chi connectivity index (χ3n) is 2.31. The first-order valence-corrected chi connectivity index (χ1v) is 6.94. The molecule has 0 heterocycles. The highest BCUT2D eigenvalue weighted by Gasteiger charge is 2.24. The fraction of sp³-hybridized carbons (Fsp3) is 0. The Kier molecular flexibility index (Phi) is 4.26. The maximum absolute atomic E-state index is 9.73. The summed E-state index contributed by atoms with van der Waals surface area (Å²) in [6.07, 6.45) is 0. The minimum absolute atomic E-state index is 0.000895. The van der Waals surface area contributed by atoms with E-state index in [-0.39, 0.29) is 45.9 Å². The van der Waals surface area contributed by atoms with Gasteiger partial charge in [0.25, 0.3) is 0 Å². The van der Waals surface area contributed by atoms with Crippen LogP contribution in [0.3, 0.4) is 0 Å². The first-order valence-electron chi connectivity index (χ1n) is 4.30. The van der Waals surface area contributed by atoms with Crippen LogP contribution in [-0.2, 0) is 0 Å². The molecule has 0 saturated carbocycles. The molecule has 0 amide bonds. The fourth-order valence-corrected chi connectivity index (χ4v) is 3.41. The molecule has 0 saturated heterocycles. The van der Waals surface area contributed by atoms with Gasteiger partial charge in [0.1, 0.15) is 5.02 Å². The predicted octanol–water partition coefficient (Wildman–Crippen LogP) is 7.12. The van der Waals surface area contributed by atoms with Crippen LogP contribution in [0.4, 0.5) is 0 Å². The predicted molar refractivity (Wildman–Crippen MR) is 80.7 cm³/mol. The highest BCUT2D eigenvalue weighted by Crippen LogP contribution is 2.52. The molecule has 8 heteroatoms. The Labute approximate surface area is 137 Å². The van der Waals surface area contributed by atoms with E-state index in [4.69, 9.17) is 81.2 Å². The second-order valence-corrected chi connectivity index (χ2v) is 5.94. The van der Waals surface area contributed by atoms with Crippen molar-refractivity contribution < 1.29 is 5.11 Å². The van der Waals surface area contributed by atoms with Crippen LogP contribution in [-0.4, -0.2) is 5.11 Å². The van der Waals surface area contributed by atoms with Crippen LogP contribution in [0.5, 0.6) is 5.75 Å². The molecular weight excluding hydrogens is 384 g/mol. The number of hydrogen-bond donors (Lipinski definition) is 1. The second kappa shape index (κ2) is 5.14. The van der Waals surface area contributed by atoms with Crippen LogP contribution < -0.4 is 0 Å². The van der Waals surface area contributed by atoms with Gasteiger partial charge in [0, 0.05) is 10.8 Å². The zero-order chi connectivity index (χ0) is 13.8. The summed E-state index contributed by atoms with van der Waals surface area (Å²) in [5.41, 5.74) is 0. The van der Waals surface area contributed by atoms with Crippen molar-refractivity contribution in [2.45, 2.75) is 0 Å². The lowest BCUT2D eigenvalue weighted by Gasteiger charge is -2.13. The summed E-state index contributed by atoms with van der Waals surface area (Å²) in [5, 5.41) is 10.1. The summed E-state index contributed by atoms with van der Waals surface area (Å²) >= 11 is 41.7. The fourth-order valence-electron chi connectivity index (χ4n) is 1.47. The SMILES string of the molecule is Oc1c(Cl)c(Cl)c2c(Cl)c(Cl)c(Cl)c(Cl)c2c1Cl. The van der Waals surface area contributed by atoms with Gasteiger partial charge in [-0.2, -0.15) is 0 Å². The van der Waals surface area contributed by atoms with E-state index in [2.05, 4.69) is 0 Å². The molecular formula is C10HCl7O. The number of hydrogen-bond acceptors (Lipinski definition) is 1. The van der Waals surface area contributed by atoms with Gasteiger partial charge >= 0.3 is 0 Å². The summed E-state index contributed by atoms with van der Waals surface area (Å²) in [6.45, 7) is 0. The number of fused-ring (bicyclic) bond motifs is 1. The lowest BCUT2D eigenvalue weighted by molar-refractivity contribution is 0.477. The third kappa shape index (κ3) is 2.01. The maximum Gasteiger partial charge on any atom is 0.155 e. The number of benzene rings is 2. The summed E-state index contributed by atoms with van der Waals surface area (Å²) in [6, 6.07) is 0. The molecule has 0 aliphatic rings. The molecule has 0 fully saturated rings. The zero-order valence-electron chi connectivity index (χ0n) is 8.09. The molecule has 2 aromatic carbocycles. The van der Waals surface area contributed by atoms with E-state index >= 15 is 0 Å². The maximum atomic E-state index is 9.73.